The Morgan fingerprint density at radius 2 is 1.84 bits per heavy atom. The van der Waals surface area contributed by atoms with E-state index in [9.17, 15) is 9.59 Å². The second-order valence-corrected chi connectivity index (χ2v) is 4.73. The minimum absolute atomic E-state index is 0.525. The van der Waals surface area contributed by atoms with Crippen LogP contribution in [0.1, 0.15) is 11.1 Å². The van der Waals surface area contributed by atoms with Crippen LogP contribution in [-0.2, 0) is 9.59 Å². The largest absolute Gasteiger partial charge is 0.332 e. The van der Waals surface area contributed by atoms with Gasteiger partial charge >= 0.3 is 11.8 Å². The van der Waals surface area contributed by atoms with Gasteiger partial charge in [0, 0.05) is 26.2 Å². The summed E-state index contributed by atoms with van der Waals surface area (Å²) in [5.74, 6) is -1.19. The molecule has 5 nitrogen and oxygen atoms in total. The Kier molecular flexibility index (Phi) is 4.76. The van der Waals surface area contributed by atoms with Crippen LogP contribution in [0.4, 0.5) is 0 Å². The zero-order valence-electron chi connectivity index (χ0n) is 10.4. The van der Waals surface area contributed by atoms with Crippen molar-refractivity contribution in [1.29, 1.82) is 0 Å². The molecular formula is C13H16ClN3O2. The first-order valence-corrected chi connectivity index (χ1v) is 6.61. The summed E-state index contributed by atoms with van der Waals surface area (Å²) in [4.78, 5) is 25.2. The number of alkyl halides is 1. The molecular weight excluding hydrogens is 266 g/mol. The third-order valence-corrected chi connectivity index (χ3v) is 3.31. The van der Waals surface area contributed by atoms with Gasteiger partial charge in [-0.25, -0.2) is 0 Å². The van der Waals surface area contributed by atoms with Crippen molar-refractivity contribution in [3.05, 3.63) is 35.9 Å². The van der Waals surface area contributed by atoms with Gasteiger partial charge in [-0.3, -0.25) is 9.59 Å². The number of piperazine rings is 1. The van der Waals surface area contributed by atoms with E-state index in [4.69, 9.17) is 11.6 Å². The minimum atomic E-state index is -0.694. The third kappa shape index (κ3) is 3.68. The molecule has 2 N–H and O–H groups in total. The molecule has 1 aliphatic rings. The number of carbonyl (C=O) groups is 2. The highest BCUT2D eigenvalue weighted by Gasteiger charge is 2.24. The monoisotopic (exact) mass is 281 g/mol. The molecule has 2 amide bonds. The SMILES string of the molecule is O=C(NC(Cl)c1ccccc1)C(=O)N1CCNCC1. The van der Waals surface area contributed by atoms with E-state index in [1.54, 1.807) is 12.1 Å². The Morgan fingerprint density at radius 1 is 1.21 bits per heavy atom. The summed E-state index contributed by atoms with van der Waals surface area (Å²) in [5, 5.41) is 5.63. The van der Waals surface area contributed by atoms with Crippen LogP contribution in [0.15, 0.2) is 30.3 Å². The predicted octanol–water partition coefficient (Wildman–Crippen LogP) is 0.472. The van der Waals surface area contributed by atoms with Crippen LogP contribution in [0.5, 0.6) is 0 Å². The van der Waals surface area contributed by atoms with Crippen LogP contribution in [0.3, 0.4) is 0 Å². The van der Waals surface area contributed by atoms with Gasteiger partial charge in [-0.15, -0.1) is 0 Å². The minimum Gasteiger partial charge on any atom is -0.332 e. The van der Waals surface area contributed by atoms with Crippen molar-refractivity contribution in [3.63, 3.8) is 0 Å². The summed E-state index contributed by atoms with van der Waals surface area (Å²) < 4.78 is 0. The number of benzene rings is 1. The Labute approximate surface area is 116 Å². The lowest BCUT2D eigenvalue weighted by atomic mass is 10.2. The van der Waals surface area contributed by atoms with Crippen LogP contribution in [0.25, 0.3) is 0 Å². The van der Waals surface area contributed by atoms with Gasteiger partial charge < -0.3 is 15.5 Å². The first-order valence-electron chi connectivity index (χ1n) is 6.18. The molecule has 1 unspecified atom stereocenters. The maximum absolute atomic E-state index is 11.9. The lowest BCUT2D eigenvalue weighted by molar-refractivity contribution is -0.146. The van der Waals surface area contributed by atoms with Gasteiger partial charge in [-0.05, 0) is 5.56 Å². The fourth-order valence-corrected chi connectivity index (χ4v) is 2.14. The van der Waals surface area contributed by atoms with E-state index in [1.165, 1.54) is 4.90 Å². The molecule has 1 heterocycles. The van der Waals surface area contributed by atoms with Crippen LogP contribution >= 0.6 is 11.6 Å². The molecule has 1 atom stereocenters. The standard InChI is InChI=1S/C13H16ClN3O2/c14-11(10-4-2-1-3-5-10)16-12(18)13(19)17-8-6-15-7-9-17/h1-5,11,15H,6-9H2,(H,16,18). The van der Waals surface area contributed by atoms with E-state index in [-0.39, 0.29) is 0 Å². The van der Waals surface area contributed by atoms with E-state index < -0.39 is 17.3 Å². The lowest BCUT2D eigenvalue weighted by Gasteiger charge is -2.27. The molecule has 1 aromatic rings. The Morgan fingerprint density at radius 3 is 2.47 bits per heavy atom. The van der Waals surface area contributed by atoms with Crippen molar-refractivity contribution in [3.8, 4) is 0 Å². The smallest absolute Gasteiger partial charge is 0.312 e. The van der Waals surface area contributed by atoms with Gasteiger partial charge in [0.05, 0.1) is 0 Å². The molecule has 1 aromatic carbocycles. The van der Waals surface area contributed by atoms with Gasteiger partial charge in [0.25, 0.3) is 0 Å². The van der Waals surface area contributed by atoms with Crippen molar-refractivity contribution < 1.29 is 9.59 Å². The van der Waals surface area contributed by atoms with Crippen molar-refractivity contribution >= 4 is 23.4 Å². The molecule has 102 valence electrons. The number of hydrogen-bond donors (Lipinski definition) is 2. The molecule has 0 bridgehead atoms. The number of amides is 2. The molecule has 0 radical (unpaired) electrons. The molecule has 1 fully saturated rings. The maximum Gasteiger partial charge on any atom is 0.312 e. The van der Waals surface area contributed by atoms with E-state index >= 15 is 0 Å². The average molecular weight is 282 g/mol. The average Bonchev–Trinajstić information content (AvgIpc) is 2.48. The summed E-state index contributed by atoms with van der Waals surface area (Å²) in [7, 11) is 0. The van der Waals surface area contributed by atoms with Crippen molar-refractivity contribution in [2.24, 2.45) is 0 Å². The van der Waals surface area contributed by atoms with Crippen LogP contribution in [0, 0.1) is 0 Å². The van der Waals surface area contributed by atoms with Crippen molar-refractivity contribution in [2.75, 3.05) is 26.2 Å². The number of carbonyl (C=O) groups excluding carboxylic acids is 2. The Bertz CT molecular complexity index is 446. The second-order valence-electron chi connectivity index (χ2n) is 4.29. The molecule has 2 rings (SSSR count). The molecule has 0 aromatic heterocycles. The zero-order valence-corrected chi connectivity index (χ0v) is 11.2. The summed E-state index contributed by atoms with van der Waals surface area (Å²) >= 11 is 6.07. The van der Waals surface area contributed by atoms with E-state index in [1.807, 2.05) is 18.2 Å². The fourth-order valence-electron chi connectivity index (χ4n) is 1.89. The van der Waals surface area contributed by atoms with Crippen LogP contribution < -0.4 is 10.6 Å². The van der Waals surface area contributed by atoms with Gasteiger partial charge in [0.2, 0.25) is 0 Å². The Hall–Kier alpha value is -1.59. The van der Waals surface area contributed by atoms with Crippen LogP contribution in [-0.4, -0.2) is 42.9 Å². The number of rotatable bonds is 2. The normalized spacial score (nSPS) is 16.8. The van der Waals surface area contributed by atoms with Gasteiger partial charge in [-0.1, -0.05) is 41.9 Å². The number of nitrogens with zero attached hydrogens (tertiary/aromatic N) is 1. The van der Waals surface area contributed by atoms with Gasteiger partial charge in [0.15, 0.2) is 0 Å². The highest BCUT2D eigenvalue weighted by molar-refractivity contribution is 6.36. The van der Waals surface area contributed by atoms with Crippen molar-refractivity contribution in [1.82, 2.24) is 15.5 Å². The van der Waals surface area contributed by atoms with Crippen molar-refractivity contribution in [2.45, 2.75) is 5.50 Å². The molecule has 0 saturated carbocycles. The summed E-state index contributed by atoms with van der Waals surface area (Å²) in [5.41, 5.74) is 0.0613. The second kappa shape index (κ2) is 6.54. The van der Waals surface area contributed by atoms with E-state index in [0.29, 0.717) is 26.2 Å². The molecule has 0 aliphatic carbocycles. The maximum atomic E-state index is 11.9. The molecule has 1 saturated heterocycles. The molecule has 0 spiro atoms. The number of nitrogens with one attached hydrogen (secondary N) is 2. The van der Waals surface area contributed by atoms with E-state index in [2.05, 4.69) is 10.6 Å². The first-order chi connectivity index (χ1) is 9.18. The number of halogens is 1. The number of hydrogen-bond acceptors (Lipinski definition) is 3. The highest BCUT2D eigenvalue weighted by Crippen LogP contribution is 2.16. The summed E-state index contributed by atoms with van der Waals surface area (Å²) in [6.45, 7) is 2.51. The summed E-state index contributed by atoms with van der Waals surface area (Å²) in [6, 6.07) is 9.12. The highest BCUT2D eigenvalue weighted by atomic mass is 35.5. The predicted molar refractivity (Wildman–Crippen MR) is 72.6 cm³/mol. The molecule has 19 heavy (non-hydrogen) atoms. The topological polar surface area (TPSA) is 61.4 Å². The first kappa shape index (κ1) is 13.8. The van der Waals surface area contributed by atoms with E-state index in [0.717, 1.165) is 5.56 Å². The molecule has 1 aliphatic heterocycles. The molecule has 6 heteroatoms. The fraction of sp³-hybridized carbons (Fsp3) is 0.385. The van der Waals surface area contributed by atoms with Gasteiger partial charge in [0.1, 0.15) is 5.50 Å². The Balaban J connectivity index is 1.91. The van der Waals surface area contributed by atoms with Crippen LogP contribution in [0.2, 0.25) is 0 Å². The van der Waals surface area contributed by atoms with Gasteiger partial charge in [-0.2, -0.15) is 0 Å². The lowest BCUT2D eigenvalue weighted by Crippen LogP contribution is -2.51. The summed E-state index contributed by atoms with van der Waals surface area (Å²) in [6.07, 6.45) is 0. The zero-order chi connectivity index (χ0) is 13.7. The quantitative estimate of drug-likeness (QED) is 0.471. The third-order valence-electron chi connectivity index (χ3n) is 2.95.